The highest BCUT2D eigenvalue weighted by atomic mass is 35.5. The summed E-state index contributed by atoms with van der Waals surface area (Å²) in [6, 6.07) is 3.05. The Hall–Kier alpha value is -0.880. The number of rotatable bonds is 3. The number of amides is 1. The van der Waals surface area contributed by atoms with Crippen molar-refractivity contribution in [2.45, 2.75) is 0 Å². The fourth-order valence-corrected chi connectivity index (χ4v) is 2.55. The molecule has 0 saturated carbocycles. The number of nitrogens with zero attached hydrogens (tertiary/aromatic N) is 3. The first-order valence-electron chi connectivity index (χ1n) is 6.05. The third-order valence-electron chi connectivity index (χ3n) is 3.09. The van der Waals surface area contributed by atoms with E-state index in [1.807, 2.05) is 0 Å². The molecule has 1 amide bonds. The number of halogens is 2. The molecule has 0 unspecified atom stereocenters. The molecular weight excluding hydrogens is 289 g/mol. The first-order valence-corrected chi connectivity index (χ1v) is 6.81. The van der Waals surface area contributed by atoms with Gasteiger partial charge in [0.1, 0.15) is 10.3 Å². The molecule has 0 spiro atoms. The average molecular weight is 304 g/mol. The lowest BCUT2D eigenvalue weighted by Crippen LogP contribution is -2.49. The van der Waals surface area contributed by atoms with Gasteiger partial charge in [0.25, 0.3) is 5.91 Å². The highest BCUT2D eigenvalue weighted by Crippen LogP contribution is 2.17. The summed E-state index contributed by atoms with van der Waals surface area (Å²) < 4.78 is 0. The highest BCUT2D eigenvalue weighted by molar-refractivity contribution is 6.33. The minimum atomic E-state index is -0.0881. The Balaban J connectivity index is 2.01. The van der Waals surface area contributed by atoms with Crippen LogP contribution in [0.5, 0.6) is 0 Å². The summed E-state index contributed by atoms with van der Waals surface area (Å²) in [6.45, 7) is 3.59. The van der Waals surface area contributed by atoms with Gasteiger partial charge in [-0.25, -0.2) is 4.98 Å². The van der Waals surface area contributed by atoms with Gasteiger partial charge in [0.2, 0.25) is 0 Å². The molecule has 7 heteroatoms. The maximum absolute atomic E-state index is 12.3. The van der Waals surface area contributed by atoms with Gasteiger partial charge >= 0.3 is 0 Å². The van der Waals surface area contributed by atoms with E-state index in [2.05, 4.69) is 9.88 Å². The van der Waals surface area contributed by atoms with Crippen molar-refractivity contribution < 1.29 is 9.90 Å². The molecule has 0 aliphatic carbocycles. The van der Waals surface area contributed by atoms with E-state index in [1.165, 1.54) is 12.1 Å². The number of aliphatic hydroxyl groups is 1. The number of β-amino-alcohol motifs (C(OH)–C–C–N with tert-alkyl or cyclic N) is 1. The number of piperazine rings is 1. The predicted molar refractivity (Wildman–Crippen MR) is 73.7 cm³/mol. The lowest BCUT2D eigenvalue weighted by Gasteiger charge is -2.34. The zero-order valence-electron chi connectivity index (χ0n) is 10.4. The van der Waals surface area contributed by atoms with Crippen LogP contribution < -0.4 is 0 Å². The summed E-state index contributed by atoms with van der Waals surface area (Å²) in [7, 11) is 0. The zero-order valence-corrected chi connectivity index (χ0v) is 11.9. The second-order valence-electron chi connectivity index (χ2n) is 4.36. The van der Waals surface area contributed by atoms with Gasteiger partial charge in [-0.2, -0.15) is 0 Å². The SMILES string of the molecule is O=C(c1cc(Cl)nc(Cl)c1)N1CCN(CCO)CC1. The zero-order chi connectivity index (χ0) is 13.8. The smallest absolute Gasteiger partial charge is 0.254 e. The first-order chi connectivity index (χ1) is 9.10. The molecule has 1 N–H and O–H groups in total. The summed E-state index contributed by atoms with van der Waals surface area (Å²) in [6.07, 6.45) is 0. The number of pyridine rings is 1. The van der Waals surface area contributed by atoms with Crippen molar-refractivity contribution in [1.82, 2.24) is 14.8 Å². The molecule has 2 heterocycles. The number of aromatic nitrogens is 1. The predicted octanol–water partition coefficient (Wildman–Crippen LogP) is 1.14. The van der Waals surface area contributed by atoms with Crippen molar-refractivity contribution in [2.24, 2.45) is 0 Å². The molecule has 0 bridgehead atoms. The van der Waals surface area contributed by atoms with Crippen LogP contribution in [0.2, 0.25) is 10.3 Å². The van der Waals surface area contributed by atoms with E-state index in [1.54, 1.807) is 4.90 Å². The number of carbonyl (C=O) groups is 1. The second kappa shape index (κ2) is 6.52. The minimum Gasteiger partial charge on any atom is -0.395 e. The van der Waals surface area contributed by atoms with Gasteiger partial charge in [-0.1, -0.05) is 23.2 Å². The second-order valence-corrected chi connectivity index (χ2v) is 5.13. The topological polar surface area (TPSA) is 56.7 Å². The van der Waals surface area contributed by atoms with Gasteiger partial charge in [0, 0.05) is 38.3 Å². The molecule has 1 aromatic rings. The molecule has 104 valence electrons. The van der Waals surface area contributed by atoms with Gasteiger partial charge in [-0.3, -0.25) is 9.69 Å². The molecule has 1 aliphatic rings. The van der Waals surface area contributed by atoms with Crippen molar-refractivity contribution in [2.75, 3.05) is 39.3 Å². The van der Waals surface area contributed by atoms with Crippen molar-refractivity contribution in [3.8, 4) is 0 Å². The van der Waals surface area contributed by atoms with E-state index in [0.717, 1.165) is 13.1 Å². The van der Waals surface area contributed by atoms with E-state index >= 15 is 0 Å². The maximum Gasteiger partial charge on any atom is 0.254 e. The molecule has 0 aromatic carbocycles. The third-order valence-corrected chi connectivity index (χ3v) is 3.47. The molecule has 1 aromatic heterocycles. The standard InChI is InChI=1S/C12H15Cl2N3O2/c13-10-7-9(8-11(14)15-10)12(19)17-3-1-16(2-4-17)5-6-18/h7-8,18H,1-6H2. The van der Waals surface area contributed by atoms with Gasteiger partial charge in [0.15, 0.2) is 0 Å². The van der Waals surface area contributed by atoms with Crippen molar-refractivity contribution >= 4 is 29.1 Å². The van der Waals surface area contributed by atoms with Crippen molar-refractivity contribution in [3.05, 3.63) is 28.0 Å². The van der Waals surface area contributed by atoms with Crippen molar-refractivity contribution in [1.29, 1.82) is 0 Å². The normalized spacial score (nSPS) is 16.7. The van der Waals surface area contributed by atoms with Crippen LogP contribution in [-0.2, 0) is 0 Å². The molecule has 5 nitrogen and oxygen atoms in total. The number of hydrogen-bond acceptors (Lipinski definition) is 4. The van der Waals surface area contributed by atoms with Crippen LogP contribution in [0.1, 0.15) is 10.4 Å². The summed E-state index contributed by atoms with van der Waals surface area (Å²) in [4.78, 5) is 20.0. The molecule has 1 aliphatic heterocycles. The fourth-order valence-electron chi connectivity index (χ4n) is 2.09. The Labute approximate surface area is 121 Å². The van der Waals surface area contributed by atoms with Crippen LogP contribution in [0.15, 0.2) is 12.1 Å². The molecule has 1 saturated heterocycles. The Bertz CT molecular complexity index is 442. The van der Waals surface area contributed by atoms with Crippen LogP contribution in [0.25, 0.3) is 0 Å². The molecule has 0 atom stereocenters. The largest absolute Gasteiger partial charge is 0.395 e. The van der Waals surface area contributed by atoms with Crippen molar-refractivity contribution in [3.63, 3.8) is 0 Å². The van der Waals surface area contributed by atoms with Crippen LogP contribution in [0.4, 0.5) is 0 Å². The minimum absolute atomic E-state index is 0.0881. The summed E-state index contributed by atoms with van der Waals surface area (Å²) in [5.41, 5.74) is 0.459. The number of aliphatic hydroxyl groups excluding tert-OH is 1. The lowest BCUT2D eigenvalue weighted by atomic mass is 10.2. The van der Waals surface area contributed by atoms with E-state index in [0.29, 0.717) is 25.2 Å². The van der Waals surface area contributed by atoms with Crippen LogP contribution in [0, 0.1) is 0 Å². The van der Waals surface area contributed by atoms with Gasteiger partial charge in [-0.05, 0) is 12.1 Å². The maximum atomic E-state index is 12.3. The van der Waals surface area contributed by atoms with Crippen LogP contribution in [0.3, 0.4) is 0 Å². The Morgan fingerprint density at radius 1 is 1.21 bits per heavy atom. The molecule has 0 radical (unpaired) electrons. The summed E-state index contributed by atoms with van der Waals surface area (Å²) in [5.74, 6) is -0.0881. The molecule has 2 rings (SSSR count). The Kier molecular flexibility index (Phi) is 4.99. The summed E-state index contributed by atoms with van der Waals surface area (Å²) in [5, 5.41) is 9.31. The molecule has 1 fully saturated rings. The molecule has 19 heavy (non-hydrogen) atoms. The lowest BCUT2D eigenvalue weighted by molar-refractivity contribution is 0.0615. The van der Waals surface area contributed by atoms with Crippen LogP contribution >= 0.6 is 23.2 Å². The quantitative estimate of drug-likeness (QED) is 0.851. The average Bonchev–Trinajstić information content (AvgIpc) is 2.38. The van der Waals surface area contributed by atoms with E-state index in [4.69, 9.17) is 28.3 Å². The van der Waals surface area contributed by atoms with Crippen LogP contribution in [-0.4, -0.2) is 65.1 Å². The fraction of sp³-hybridized carbons (Fsp3) is 0.500. The van der Waals surface area contributed by atoms with Gasteiger partial charge in [-0.15, -0.1) is 0 Å². The number of hydrogen-bond donors (Lipinski definition) is 1. The first kappa shape index (κ1) is 14.5. The van der Waals surface area contributed by atoms with E-state index in [9.17, 15) is 4.79 Å². The highest BCUT2D eigenvalue weighted by Gasteiger charge is 2.22. The summed E-state index contributed by atoms with van der Waals surface area (Å²) >= 11 is 11.6. The molecular formula is C12H15Cl2N3O2. The van der Waals surface area contributed by atoms with Gasteiger partial charge < -0.3 is 10.0 Å². The monoisotopic (exact) mass is 303 g/mol. The Morgan fingerprint density at radius 2 is 1.79 bits per heavy atom. The Morgan fingerprint density at radius 3 is 2.32 bits per heavy atom. The third kappa shape index (κ3) is 3.79. The van der Waals surface area contributed by atoms with E-state index in [-0.39, 0.29) is 22.8 Å². The van der Waals surface area contributed by atoms with Gasteiger partial charge in [0.05, 0.1) is 6.61 Å². The number of carbonyl (C=O) groups excluding carboxylic acids is 1. The van der Waals surface area contributed by atoms with E-state index < -0.39 is 0 Å².